The topological polar surface area (TPSA) is 13.1 Å². The molecule has 1 heterocycles. The third-order valence-electron chi connectivity index (χ3n) is 7.95. The third kappa shape index (κ3) is 3.66. The normalized spacial score (nSPS) is 17.7. The molecule has 0 radical (unpaired) electrons. The van der Waals surface area contributed by atoms with E-state index in [0.717, 1.165) is 12.2 Å². The van der Waals surface area contributed by atoms with Crippen molar-refractivity contribution in [3.05, 3.63) is 114 Å². The van der Waals surface area contributed by atoms with Crippen molar-refractivity contribution in [1.82, 2.24) is 0 Å². The predicted octanol–water partition coefficient (Wildman–Crippen LogP) is 7.68. The Hall–Kier alpha value is -2.63. The molecule has 0 fully saturated rings. The van der Waals surface area contributed by atoms with Gasteiger partial charge in [-0.25, -0.2) is 0 Å². The SMILES string of the molecule is CC(c1cc2c(o1)C(C)(C)CCC2(C)C)[P+](c1ccccc1)(c1ccccc1)c1ccccc1. The molecule has 1 nitrogen and oxygen atoms in total. The zero-order chi connectivity index (χ0) is 24.0. The van der Waals surface area contributed by atoms with Crippen LogP contribution in [0.2, 0.25) is 0 Å². The highest BCUT2D eigenvalue weighted by molar-refractivity contribution is 7.95. The molecular weight excluding hydrogens is 431 g/mol. The van der Waals surface area contributed by atoms with Crippen LogP contribution in [0.3, 0.4) is 0 Å². The van der Waals surface area contributed by atoms with Crippen molar-refractivity contribution in [1.29, 1.82) is 0 Å². The predicted molar refractivity (Wildman–Crippen MR) is 148 cm³/mol. The minimum Gasteiger partial charge on any atom is -0.461 e. The monoisotopic (exact) mass is 467 g/mol. The maximum atomic E-state index is 6.92. The lowest BCUT2D eigenvalue weighted by Crippen LogP contribution is -2.34. The second-order valence-electron chi connectivity index (χ2n) is 11.1. The Labute approximate surface area is 205 Å². The maximum absolute atomic E-state index is 6.92. The molecule has 1 aliphatic rings. The Balaban J connectivity index is 1.80. The van der Waals surface area contributed by atoms with E-state index in [1.807, 2.05) is 0 Å². The lowest BCUT2D eigenvalue weighted by Gasteiger charge is -2.37. The van der Waals surface area contributed by atoms with Crippen LogP contribution in [-0.2, 0) is 10.8 Å². The van der Waals surface area contributed by atoms with Crippen LogP contribution in [-0.4, -0.2) is 0 Å². The van der Waals surface area contributed by atoms with E-state index in [1.54, 1.807) is 0 Å². The molecular formula is C32H36OP+. The summed E-state index contributed by atoms with van der Waals surface area (Å²) in [5, 5.41) is 4.19. The molecule has 3 aromatic carbocycles. The van der Waals surface area contributed by atoms with E-state index in [9.17, 15) is 0 Å². The molecule has 5 rings (SSSR count). The summed E-state index contributed by atoms with van der Waals surface area (Å²) in [6, 6.07) is 35.8. The van der Waals surface area contributed by atoms with Gasteiger partial charge in [0.05, 0.1) is 0 Å². The molecule has 0 saturated heterocycles. The molecule has 0 aliphatic heterocycles. The molecule has 1 unspecified atom stereocenters. The number of fused-ring (bicyclic) bond motifs is 1. The standard InChI is InChI=1S/C32H36OP/c1-24(29-23-28-30(33-29)32(4,5)22-21-31(28,2)3)34(25-15-9-6-10-16-25,26-17-11-7-12-18-26)27-19-13-8-14-20-27/h6-20,23-24H,21-22H2,1-5H3/q+1. The summed E-state index contributed by atoms with van der Waals surface area (Å²) < 4.78 is 6.92. The van der Waals surface area contributed by atoms with Crippen LogP contribution in [0.4, 0.5) is 0 Å². The van der Waals surface area contributed by atoms with E-state index in [2.05, 4.69) is 132 Å². The lowest BCUT2D eigenvalue weighted by atomic mass is 9.66. The fraction of sp³-hybridized carbons (Fsp3) is 0.312. The number of rotatable bonds is 5. The van der Waals surface area contributed by atoms with E-state index in [4.69, 9.17) is 4.42 Å². The average Bonchev–Trinajstić information content (AvgIpc) is 3.33. The molecule has 1 atom stereocenters. The van der Waals surface area contributed by atoms with Crippen LogP contribution in [0.15, 0.2) is 101 Å². The molecule has 0 amide bonds. The summed E-state index contributed by atoms with van der Waals surface area (Å²) in [4.78, 5) is 0. The second-order valence-corrected chi connectivity index (χ2v) is 14.8. The van der Waals surface area contributed by atoms with Crippen molar-refractivity contribution in [2.75, 3.05) is 0 Å². The molecule has 0 saturated carbocycles. The van der Waals surface area contributed by atoms with E-state index in [0.29, 0.717) is 0 Å². The highest BCUT2D eigenvalue weighted by Crippen LogP contribution is 2.67. The minimum absolute atomic E-state index is 0.0656. The minimum atomic E-state index is -2.05. The molecule has 4 aromatic rings. The van der Waals surface area contributed by atoms with Crippen LogP contribution in [0.25, 0.3) is 0 Å². The van der Waals surface area contributed by atoms with Crippen molar-refractivity contribution in [2.24, 2.45) is 0 Å². The van der Waals surface area contributed by atoms with Gasteiger partial charge in [-0.15, -0.1) is 0 Å². The van der Waals surface area contributed by atoms with Crippen molar-refractivity contribution >= 4 is 23.2 Å². The molecule has 0 bridgehead atoms. The fourth-order valence-electron chi connectivity index (χ4n) is 5.79. The summed E-state index contributed by atoms with van der Waals surface area (Å²) in [7, 11) is -2.05. The summed E-state index contributed by atoms with van der Waals surface area (Å²) >= 11 is 0. The highest BCUT2D eigenvalue weighted by atomic mass is 31.2. The molecule has 2 heteroatoms. The van der Waals surface area contributed by atoms with Gasteiger partial charge in [-0.05, 0) is 67.6 Å². The van der Waals surface area contributed by atoms with Gasteiger partial charge in [-0.3, -0.25) is 0 Å². The Morgan fingerprint density at radius 1 is 0.647 bits per heavy atom. The van der Waals surface area contributed by atoms with Gasteiger partial charge in [0, 0.05) is 11.0 Å². The van der Waals surface area contributed by atoms with Gasteiger partial charge in [-0.1, -0.05) is 82.3 Å². The number of furan rings is 1. The van der Waals surface area contributed by atoms with Crippen LogP contribution in [0.5, 0.6) is 0 Å². The van der Waals surface area contributed by atoms with Crippen molar-refractivity contribution in [2.45, 2.75) is 63.9 Å². The van der Waals surface area contributed by atoms with E-state index >= 15 is 0 Å². The maximum Gasteiger partial charge on any atom is 0.145 e. The summed E-state index contributed by atoms with van der Waals surface area (Å²) in [5.41, 5.74) is 1.81. The second kappa shape index (κ2) is 8.54. The third-order valence-corrected chi connectivity index (χ3v) is 12.7. The Bertz CT molecular complexity index is 1120. The van der Waals surface area contributed by atoms with Crippen LogP contribution in [0.1, 0.15) is 70.2 Å². The van der Waals surface area contributed by atoms with Gasteiger partial charge >= 0.3 is 0 Å². The van der Waals surface area contributed by atoms with E-state index in [-0.39, 0.29) is 16.5 Å². The molecule has 1 aromatic heterocycles. The first-order chi connectivity index (χ1) is 16.3. The van der Waals surface area contributed by atoms with Gasteiger partial charge in [0.15, 0.2) is 0 Å². The van der Waals surface area contributed by atoms with Crippen molar-refractivity contribution in [3.8, 4) is 0 Å². The lowest BCUT2D eigenvalue weighted by molar-refractivity contribution is 0.273. The first-order valence-corrected chi connectivity index (χ1v) is 14.3. The number of hydrogen-bond donors (Lipinski definition) is 0. The van der Waals surface area contributed by atoms with Gasteiger partial charge in [-0.2, -0.15) is 0 Å². The van der Waals surface area contributed by atoms with Crippen molar-refractivity contribution in [3.63, 3.8) is 0 Å². The van der Waals surface area contributed by atoms with Crippen LogP contribution in [0, 0.1) is 0 Å². The van der Waals surface area contributed by atoms with Crippen LogP contribution >= 0.6 is 7.26 Å². The van der Waals surface area contributed by atoms with Gasteiger partial charge < -0.3 is 4.42 Å². The molecule has 174 valence electrons. The molecule has 1 aliphatic carbocycles. The van der Waals surface area contributed by atoms with Gasteiger partial charge in [0.25, 0.3) is 0 Å². The van der Waals surface area contributed by atoms with Crippen LogP contribution < -0.4 is 15.9 Å². The Morgan fingerprint density at radius 2 is 1.06 bits per heavy atom. The molecule has 0 N–H and O–H groups in total. The summed E-state index contributed by atoms with van der Waals surface area (Å²) in [6.45, 7) is 11.8. The van der Waals surface area contributed by atoms with Gasteiger partial charge in [0.2, 0.25) is 0 Å². The Morgan fingerprint density at radius 3 is 1.47 bits per heavy atom. The zero-order valence-corrected chi connectivity index (χ0v) is 22.0. The Kier molecular flexibility index (Phi) is 5.81. The summed E-state index contributed by atoms with van der Waals surface area (Å²) in [5.74, 6) is 2.32. The van der Waals surface area contributed by atoms with Crippen molar-refractivity contribution < 1.29 is 4.42 Å². The molecule has 0 spiro atoms. The highest BCUT2D eigenvalue weighted by Gasteiger charge is 2.53. The largest absolute Gasteiger partial charge is 0.461 e. The average molecular weight is 468 g/mol. The van der Waals surface area contributed by atoms with E-state index in [1.165, 1.54) is 33.7 Å². The number of benzene rings is 3. The smallest absolute Gasteiger partial charge is 0.145 e. The molecule has 34 heavy (non-hydrogen) atoms. The first kappa shape index (κ1) is 23.1. The fourth-order valence-corrected chi connectivity index (χ4v) is 10.5. The quantitative estimate of drug-likeness (QED) is 0.274. The van der Waals surface area contributed by atoms with E-state index < -0.39 is 7.26 Å². The first-order valence-electron chi connectivity index (χ1n) is 12.5. The summed E-state index contributed by atoms with van der Waals surface area (Å²) in [6.07, 6.45) is 2.35. The van der Waals surface area contributed by atoms with Gasteiger partial charge in [0.1, 0.15) is 40.4 Å². The number of hydrogen-bond acceptors (Lipinski definition) is 1. The zero-order valence-electron chi connectivity index (χ0n) is 21.1.